The smallest absolute Gasteiger partial charge is 0.316 e. The maximum atomic E-state index is 11.7. The minimum absolute atomic E-state index is 0.0401. The molecule has 2 heterocycles. The number of nitrogens with zero attached hydrogens (tertiary/aromatic N) is 3. The van der Waals surface area contributed by atoms with Gasteiger partial charge in [0.25, 0.3) is 11.4 Å². The van der Waals surface area contributed by atoms with Gasteiger partial charge in [-0.15, -0.1) is 0 Å². The second kappa shape index (κ2) is 6.68. The SMILES string of the molecule is O=[N+]([O-])c1ccc(N2C3=[N+](CCCS3)C[C@]2(O)c2ccc(Br)cc2)cc1. The molecular weight excluding hydrogens is 418 g/mol. The van der Waals surface area contributed by atoms with Crippen molar-refractivity contribution in [3.8, 4) is 0 Å². The molecule has 0 spiro atoms. The van der Waals surface area contributed by atoms with Crippen LogP contribution >= 0.6 is 27.7 Å². The summed E-state index contributed by atoms with van der Waals surface area (Å²) in [5, 5.41) is 23.6. The average Bonchev–Trinajstić information content (AvgIpc) is 2.95. The van der Waals surface area contributed by atoms with Crippen LogP contribution in [-0.2, 0) is 5.72 Å². The fraction of sp³-hybridized carbons (Fsp3) is 0.278. The second-order valence-corrected chi connectivity index (χ2v) is 8.32. The van der Waals surface area contributed by atoms with Crippen molar-refractivity contribution in [3.63, 3.8) is 0 Å². The van der Waals surface area contributed by atoms with E-state index in [1.807, 2.05) is 29.2 Å². The molecule has 1 atom stereocenters. The zero-order valence-corrected chi connectivity index (χ0v) is 16.2. The van der Waals surface area contributed by atoms with Crippen molar-refractivity contribution in [2.24, 2.45) is 0 Å². The Morgan fingerprint density at radius 3 is 2.54 bits per heavy atom. The van der Waals surface area contributed by atoms with Gasteiger partial charge in [0.2, 0.25) is 0 Å². The molecule has 0 radical (unpaired) electrons. The first kappa shape index (κ1) is 17.5. The van der Waals surface area contributed by atoms with Crippen LogP contribution < -0.4 is 4.90 Å². The fourth-order valence-corrected chi connectivity index (χ4v) is 4.88. The number of amidine groups is 1. The lowest BCUT2D eigenvalue weighted by Gasteiger charge is -2.28. The molecule has 2 aromatic rings. The summed E-state index contributed by atoms with van der Waals surface area (Å²) >= 11 is 5.15. The number of non-ortho nitro benzene ring substituents is 1. The predicted molar refractivity (Wildman–Crippen MR) is 106 cm³/mol. The minimum atomic E-state index is -1.22. The number of anilines is 1. The maximum Gasteiger partial charge on any atom is 0.316 e. The van der Waals surface area contributed by atoms with Gasteiger partial charge in [-0.05, 0) is 42.4 Å². The van der Waals surface area contributed by atoms with Crippen LogP contribution in [0.25, 0.3) is 0 Å². The zero-order valence-electron chi connectivity index (χ0n) is 13.8. The number of aliphatic hydroxyl groups is 1. The van der Waals surface area contributed by atoms with E-state index >= 15 is 0 Å². The van der Waals surface area contributed by atoms with Crippen LogP contribution in [0.3, 0.4) is 0 Å². The summed E-state index contributed by atoms with van der Waals surface area (Å²) in [6, 6.07) is 14.0. The molecule has 0 aromatic heterocycles. The van der Waals surface area contributed by atoms with Gasteiger partial charge in [-0.25, -0.2) is 4.58 Å². The number of nitro benzene ring substituents is 1. The monoisotopic (exact) mass is 434 g/mol. The number of halogens is 1. The number of benzene rings is 2. The molecule has 26 heavy (non-hydrogen) atoms. The lowest BCUT2D eigenvalue weighted by atomic mass is 10.0. The van der Waals surface area contributed by atoms with Gasteiger partial charge in [0.1, 0.15) is 5.69 Å². The highest BCUT2D eigenvalue weighted by molar-refractivity contribution is 9.10. The summed E-state index contributed by atoms with van der Waals surface area (Å²) in [6.07, 6.45) is 1.07. The van der Waals surface area contributed by atoms with Crippen LogP contribution in [0, 0.1) is 10.1 Å². The summed E-state index contributed by atoms with van der Waals surface area (Å²) in [5.74, 6) is 0.992. The van der Waals surface area contributed by atoms with Crippen LogP contribution in [0.15, 0.2) is 53.0 Å². The number of hydrogen-bond donors (Lipinski definition) is 1. The fourth-order valence-electron chi connectivity index (χ4n) is 3.44. The quantitative estimate of drug-likeness (QED) is 0.454. The van der Waals surface area contributed by atoms with E-state index in [-0.39, 0.29) is 5.69 Å². The van der Waals surface area contributed by atoms with Gasteiger partial charge < -0.3 is 5.11 Å². The van der Waals surface area contributed by atoms with E-state index in [0.29, 0.717) is 6.54 Å². The molecule has 0 bridgehead atoms. The van der Waals surface area contributed by atoms with Gasteiger partial charge >= 0.3 is 5.17 Å². The summed E-state index contributed by atoms with van der Waals surface area (Å²) in [7, 11) is 0. The molecule has 1 N–H and O–H groups in total. The van der Waals surface area contributed by atoms with E-state index in [0.717, 1.165) is 39.6 Å². The Morgan fingerprint density at radius 1 is 1.19 bits per heavy atom. The van der Waals surface area contributed by atoms with Gasteiger partial charge in [-0.3, -0.25) is 10.1 Å². The molecule has 134 valence electrons. The Balaban J connectivity index is 1.81. The first-order chi connectivity index (χ1) is 12.5. The normalized spacial score (nSPS) is 22.5. The van der Waals surface area contributed by atoms with E-state index in [2.05, 4.69) is 20.5 Å². The topological polar surface area (TPSA) is 69.6 Å². The Labute approximate surface area is 163 Å². The average molecular weight is 435 g/mol. The minimum Gasteiger partial charge on any atom is -0.346 e. The van der Waals surface area contributed by atoms with Gasteiger partial charge in [0.15, 0.2) is 6.54 Å². The second-order valence-electron chi connectivity index (χ2n) is 6.34. The molecule has 4 rings (SSSR count). The first-order valence-corrected chi connectivity index (χ1v) is 10.0. The van der Waals surface area contributed by atoms with Crippen LogP contribution in [0.2, 0.25) is 0 Å². The molecule has 2 aliphatic heterocycles. The lowest BCUT2D eigenvalue weighted by molar-refractivity contribution is -0.532. The molecule has 0 fully saturated rings. The molecule has 0 aliphatic carbocycles. The van der Waals surface area contributed by atoms with Crippen molar-refractivity contribution in [2.75, 3.05) is 23.7 Å². The summed E-state index contributed by atoms with van der Waals surface area (Å²) in [6.45, 7) is 1.36. The number of rotatable bonds is 3. The van der Waals surface area contributed by atoms with E-state index in [4.69, 9.17) is 0 Å². The highest BCUT2D eigenvalue weighted by Gasteiger charge is 2.55. The first-order valence-electron chi connectivity index (χ1n) is 8.27. The van der Waals surface area contributed by atoms with Crippen LogP contribution in [0.4, 0.5) is 11.4 Å². The standard InChI is InChI=1S/C18H17BrN3O3S/c19-14-4-2-13(3-5-14)18(23)12-20-10-1-11-26-17(20)21(18)15-6-8-16(9-7-15)22(24)25/h2-9,23H,1,10-12H2/q+1/t18-/m0/s1. The van der Waals surface area contributed by atoms with Gasteiger partial charge in [0, 0.05) is 27.9 Å². The van der Waals surface area contributed by atoms with Gasteiger partial charge in [-0.1, -0.05) is 28.1 Å². The molecule has 0 saturated carbocycles. The third-order valence-electron chi connectivity index (χ3n) is 4.67. The highest BCUT2D eigenvalue weighted by atomic mass is 79.9. The van der Waals surface area contributed by atoms with Crippen molar-refractivity contribution in [3.05, 3.63) is 68.7 Å². The molecule has 8 heteroatoms. The number of hydrogen-bond acceptors (Lipinski definition) is 5. The molecule has 2 aliphatic rings. The molecular formula is C18H17BrN3O3S+. The van der Waals surface area contributed by atoms with Crippen LogP contribution in [0.5, 0.6) is 0 Å². The van der Waals surface area contributed by atoms with E-state index in [9.17, 15) is 15.2 Å². The lowest BCUT2D eigenvalue weighted by Crippen LogP contribution is -2.46. The molecule has 0 amide bonds. The molecule has 0 unspecified atom stereocenters. The third-order valence-corrected chi connectivity index (χ3v) is 6.39. The van der Waals surface area contributed by atoms with Crippen molar-refractivity contribution < 1.29 is 14.6 Å². The third kappa shape index (κ3) is 2.91. The van der Waals surface area contributed by atoms with Crippen LogP contribution in [-0.4, -0.2) is 38.6 Å². The van der Waals surface area contributed by atoms with E-state index in [1.54, 1.807) is 23.9 Å². The summed E-state index contributed by atoms with van der Waals surface area (Å²) < 4.78 is 3.14. The van der Waals surface area contributed by atoms with Crippen molar-refractivity contribution >= 4 is 44.2 Å². The number of nitro groups is 1. The summed E-state index contributed by atoms with van der Waals surface area (Å²) in [5.41, 5.74) is 0.358. The van der Waals surface area contributed by atoms with Crippen LogP contribution in [0.1, 0.15) is 12.0 Å². The van der Waals surface area contributed by atoms with Gasteiger partial charge in [-0.2, -0.15) is 4.90 Å². The molecule has 6 nitrogen and oxygen atoms in total. The maximum absolute atomic E-state index is 11.7. The predicted octanol–water partition coefficient (Wildman–Crippen LogP) is 3.53. The van der Waals surface area contributed by atoms with Crippen molar-refractivity contribution in [2.45, 2.75) is 12.1 Å². The Hall–Kier alpha value is -1.90. The van der Waals surface area contributed by atoms with Crippen molar-refractivity contribution in [1.82, 2.24) is 0 Å². The summed E-state index contributed by atoms with van der Waals surface area (Å²) in [4.78, 5) is 12.5. The Morgan fingerprint density at radius 2 is 1.88 bits per heavy atom. The molecule has 2 aromatic carbocycles. The Bertz CT molecular complexity index is 886. The van der Waals surface area contributed by atoms with E-state index in [1.165, 1.54) is 12.1 Å². The largest absolute Gasteiger partial charge is 0.346 e. The zero-order chi connectivity index (χ0) is 18.3. The van der Waals surface area contributed by atoms with Gasteiger partial charge in [0.05, 0.1) is 11.5 Å². The molecule has 0 saturated heterocycles. The Kier molecular flexibility index (Phi) is 4.50. The number of thioether (sulfide) groups is 1. The van der Waals surface area contributed by atoms with Crippen molar-refractivity contribution in [1.29, 1.82) is 0 Å². The highest BCUT2D eigenvalue weighted by Crippen LogP contribution is 2.40. The van der Waals surface area contributed by atoms with E-state index < -0.39 is 10.6 Å².